The lowest BCUT2D eigenvalue weighted by atomic mass is 9.81. The quantitative estimate of drug-likeness (QED) is 0.520. The third-order valence-electron chi connectivity index (χ3n) is 6.02. The predicted molar refractivity (Wildman–Crippen MR) is 112 cm³/mol. The van der Waals surface area contributed by atoms with Crippen LogP contribution in [-0.4, -0.2) is 70.9 Å². The topological polar surface area (TPSA) is 70.2 Å². The van der Waals surface area contributed by atoms with Crippen molar-refractivity contribution >= 4 is 41.1 Å². The SMILES string of the molecule is COC(=O)N1C2C=CCC1(C(=O)N(Cc1cccc(Cl)c1Cl)C1CC1)C(=O)N(C)C2. The highest BCUT2D eigenvalue weighted by atomic mass is 35.5. The predicted octanol–water partition coefficient (Wildman–Crippen LogP) is 3.09. The van der Waals surface area contributed by atoms with Crippen LogP contribution in [0.5, 0.6) is 0 Å². The number of rotatable bonds is 4. The van der Waals surface area contributed by atoms with E-state index < -0.39 is 29.5 Å². The first-order chi connectivity index (χ1) is 14.3. The summed E-state index contributed by atoms with van der Waals surface area (Å²) in [7, 11) is 2.91. The molecule has 7 nitrogen and oxygen atoms in total. The van der Waals surface area contributed by atoms with Crippen LogP contribution in [0.1, 0.15) is 24.8 Å². The summed E-state index contributed by atoms with van der Waals surface area (Å²) in [6.07, 6.45) is 4.75. The lowest BCUT2D eigenvalue weighted by molar-refractivity contribution is -0.166. The molecule has 1 aliphatic carbocycles. The van der Waals surface area contributed by atoms with Gasteiger partial charge in [0.2, 0.25) is 5.54 Å². The van der Waals surface area contributed by atoms with Crippen molar-refractivity contribution in [3.63, 3.8) is 0 Å². The molecule has 1 saturated heterocycles. The summed E-state index contributed by atoms with van der Waals surface area (Å²) in [5, 5.41) is 0.786. The van der Waals surface area contributed by atoms with Gasteiger partial charge in [-0.15, -0.1) is 0 Å². The Morgan fingerprint density at radius 1 is 1.30 bits per heavy atom. The molecule has 2 bridgehead atoms. The van der Waals surface area contributed by atoms with Crippen LogP contribution < -0.4 is 0 Å². The van der Waals surface area contributed by atoms with Gasteiger partial charge in [-0.3, -0.25) is 14.5 Å². The lowest BCUT2D eigenvalue weighted by Gasteiger charge is -2.52. The zero-order valence-electron chi connectivity index (χ0n) is 16.8. The molecule has 0 radical (unpaired) electrons. The van der Waals surface area contributed by atoms with E-state index in [4.69, 9.17) is 27.9 Å². The largest absolute Gasteiger partial charge is 0.453 e. The zero-order valence-corrected chi connectivity index (χ0v) is 18.3. The minimum atomic E-state index is -1.66. The second-order valence-electron chi connectivity index (χ2n) is 7.96. The van der Waals surface area contributed by atoms with Gasteiger partial charge in [0.1, 0.15) is 0 Å². The standard InChI is InChI=1S/C21H23Cl2N3O4/c1-24-12-15-6-4-10-21(18(24)27,26(15)20(29)30-2)19(28)25(14-8-9-14)11-13-5-3-7-16(22)17(13)23/h3-7,14-15H,8-12H2,1-2H3. The van der Waals surface area contributed by atoms with E-state index >= 15 is 0 Å². The van der Waals surface area contributed by atoms with Crippen LogP contribution in [0.25, 0.3) is 0 Å². The van der Waals surface area contributed by atoms with Gasteiger partial charge in [-0.25, -0.2) is 4.79 Å². The number of hydrogen-bond donors (Lipinski definition) is 0. The molecular formula is C21H23Cl2N3O4. The molecule has 0 N–H and O–H groups in total. The van der Waals surface area contributed by atoms with Gasteiger partial charge in [0.15, 0.2) is 0 Å². The van der Waals surface area contributed by atoms with Crippen LogP contribution in [-0.2, 0) is 20.9 Å². The van der Waals surface area contributed by atoms with E-state index in [2.05, 4.69) is 0 Å². The van der Waals surface area contributed by atoms with Crippen molar-refractivity contribution in [3.05, 3.63) is 46.0 Å². The van der Waals surface area contributed by atoms with Crippen LogP contribution in [0, 0.1) is 0 Å². The number of carbonyl (C=O) groups excluding carboxylic acids is 3. The molecule has 2 fully saturated rings. The molecule has 4 rings (SSSR count). The Balaban J connectivity index is 1.76. The summed E-state index contributed by atoms with van der Waals surface area (Å²) in [4.78, 5) is 44.6. The van der Waals surface area contributed by atoms with Crippen molar-refractivity contribution in [2.75, 3.05) is 20.7 Å². The highest BCUT2D eigenvalue weighted by Crippen LogP contribution is 2.40. The second kappa shape index (κ2) is 7.78. The van der Waals surface area contributed by atoms with Crippen molar-refractivity contribution in [2.24, 2.45) is 0 Å². The summed E-state index contributed by atoms with van der Waals surface area (Å²) in [6.45, 7) is 0.522. The monoisotopic (exact) mass is 451 g/mol. The maximum Gasteiger partial charge on any atom is 0.411 e. The fraction of sp³-hybridized carbons (Fsp3) is 0.476. The first-order valence-corrected chi connectivity index (χ1v) is 10.6. The summed E-state index contributed by atoms with van der Waals surface area (Å²) in [5.74, 6) is -0.807. The number of amides is 3. The first-order valence-electron chi connectivity index (χ1n) is 9.84. The number of nitrogens with zero attached hydrogens (tertiary/aromatic N) is 3. The molecule has 30 heavy (non-hydrogen) atoms. The molecular weight excluding hydrogens is 429 g/mol. The molecule has 1 aromatic rings. The molecule has 0 spiro atoms. The van der Waals surface area contributed by atoms with E-state index in [-0.39, 0.29) is 19.0 Å². The fourth-order valence-electron chi connectivity index (χ4n) is 4.39. The average Bonchev–Trinajstić information content (AvgIpc) is 3.57. The highest BCUT2D eigenvalue weighted by Gasteiger charge is 2.62. The van der Waals surface area contributed by atoms with Crippen LogP contribution in [0.15, 0.2) is 30.4 Å². The molecule has 2 aliphatic heterocycles. The number of fused-ring (bicyclic) bond motifs is 2. The van der Waals surface area contributed by atoms with Crippen molar-refractivity contribution in [3.8, 4) is 0 Å². The lowest BCUT2D eigenvalue weighted by Crippen LogP contribution is -2.76. The summed E-state index contributed by atoms with van der Waals surface area (Å²) < 4.78 is 4.97. The number of halogens is 2. The molecule has 9 heteroatoms. The molecule has 3 aliphatic rings. The van der Waals surface area contributed by atoms with Gasteiger partial charge in [-0.1, -0.05) is 47.5 Å². The van der Waals surface area contributed by atoms with Gasteiger partial charge in [0.05, 0.1) is 23.2 Å². The van der Waals surface area contributed by atoms with Crippen LogP contribution in [0.4, 0.5) is 4.79 Å². The minimum Gasteiger partial charge on any atom is -0.453 e. The van der Waals surface area contributed by atoms with Crippen molar-refractivity contribution in [2.45, 2.75) is 43.4 Å². The number of likely N-dealkylation sites (N-methyl/N-ethyl adjacent to an activating group) is 1. The van der Waals surface area contributed by atoms with Gasteiger partial charge >= 0.3 is 6.09 Å². The van der Waals surface area contributed by atoms with Gasteiger partial charge < -0.3 is 14.5 Å². The molecule has 2 heterocycles. The second-order valence-corrected chi connectivity index (χ2v) is 8.75. The Hall–Kier alpha value is -2.25. The Morgan fingerprint density at radius 2 is 2.03 bits per heavy atom. The third-order valence-corrected chi connectivity index (χ3v) is 6.88. The third kappa shape index (κ3) is 3.24. The van der Waals surface area contributed by atoms with E-state index in [1.807, 2.05) is 18.2 Å². The highest BCUT2D eigenvalue weighted by molar-refractivity contribution is 6.42. The smallest absolute Gasteiger partial charge is 0.411 e. The van der Waals surface area contributed by atoms with E-state index in [0.29, 0.717) is 22.2 Å². The van der Waals surface area contributed by atoms with Crippen LogP contribution in [0.2, 0.25) is 10.0 Å². The molecule has 1 saturated carbocycles. The maximum absolute atomic E-state index is 14.0. The van der Waals surface area contributed by atoms with E-state index in [9.17, 15) is 14.4 Å². The maximum atomic E-state index is 14.0. The number of hydrogen-bond acceptors (Lipinski definition) is 4. The van der Waals surface area contributed by atoms with Crippen molar-refractivity contribution in [1.29, 1.82) is 0 Å². The normalized spacial score (nSPS) is 25.3. The summed E-state index contributed by atoms with van der Waals surface area (Å²) in [6, 6.07) is 4.84. The van der Waals surface area contributed by atoms with Gasteiger partial charge in [0.25, 0.3) is 11.8 Å². The van der Waals surface area contributed by atoms with E-state index in [1.54, 1.807) is 24.1 Å². The van der Waals surface area contributed by atoms with Crippen LogP contribution >= 0.6 is 23.2 Å². The molecule has 2 atom stereocenters. The first kappa shape index (κ1) is 21.0. The molecule has 0 aromatic heterocycles. The molecule has 160 valence electrons. The molecule has 3 amide bonds. The summed E-state index contributed by atoms with van der Waals surface area (Å²) in [5.41, 5.74) is -0.961. The van der Waals surface area contributed by atoms with Crippen LogP contribution in [0.3, 0.4) is 0 Å². The van der Waals surface area contributed by atoms with E-state index in [1.165, 1.54) is 16.9 Å². The van der Waals surface area contributed by atoms with Crippen molar-refractivity contribution < 1.29 is 19.1 Å². The molecule has 2 unspecified atom stereocenters. The number of methoxy groups -OCH3 is 1. The van der Waals surface area contributed by atoms with Gasteiger partial charge in [-0.05, 0) is 24.5 Å². The Morgan fingerprint density at radius 3 is 2.70 bits per heavy atom. The fourth-order valence-corrected chi connectivity index (χ4v) is 4.77. The summed E-state index contributed by atoms with van der Waals surface area (Å²) >= 11 is 12.5. The van der Waals surface area contributed by atoms with E-state index in [0.717, 1.165) is 12.8 Å². The average molecular weight is 452 g/mol. The Bertz CT molecular complexity index is 933. The van der Waals surface area contributed by atoms with Gasteiger partial charge in [0, 0.05) is 32.6 Å². The van der Waals surface area contributed by atoms with Gasteiger partial charge in [-0.2, -0.15) is 0 Å². The minimum absolute atomic E-state index is 0.00851. The Labute approximate surface area is 185 Å². The Kier molecular flexibility index (Phi) is 5.45. The number of piperazine rings is 1. The zero-order chi connectivity index (χ0) is 21.6. The number of ether oxygens (including phenoxy) is 1. The number of carbonyl (C=O) groups is 3. The number of benzene rings is 1. The molecule has 1 aromatic carbocycles. The van der Waals surface area contributed by atoms with Crippen molar-refractivity contribution in [1.82, 2.24) is 14.7 Å².